The van der Waals surface area contributed by atoms with Gasteiger partial charge >= 0.3 is 5.97 Å². The van der Waals surface area contributed by atoms with E-state index in [1.807, 2.05) is 19.2 Å². The molecule has 36 heavy (non-hydrogen) atoms. The van der Waals surface area contributed by atoms with Crippen LogP contribution < -0.4 is 10.9 Å². The van der Waals surface area contributed by atoms with Gasteiger partial charge in [0.2, 0.25) is 0 Å². The summed E-state index contributed by atoms with van der Waals surface area (Å²) in [7, 11) is 1.78. The summed E-state index contributed by atoms with van der Waals surface area (Å²) < 4.78 is 7.43. The van der Waals surface area contributed by atoms with Crippen molar-refractivity contribution >= 4 is 17.4 Å². The van der Waals surface area contributed by atoms with Crippen molar-refractivity contribution in [3.05, 3.63) is 63.1 Å². The Kier molecular flexibility index (Phi) is 9.66. The first kappa shape index (κ1) is 27.9. The number of ether oxygens (including phenoxy) is 1. The number of aryl methyl sites for hydroxylation is 3. The number of hydrogen-bond acceptors (Lipinski definition) is 5. The highest BCUT2D eigenvalue weighted by molar-refractivity contribution is 6.03. The molecule has 1 atom stereocenters. The Morgan fingerprint density at radius 1 is 1.11 bits per heavy atom. The SMILES string of the molecule is Cc1ccc(CNC(CC(C)C)C(=O)OC2CCCC2)cc1N=C(c1cc(C)c(=O)n(C)c1)C(C)C. The average molecular weight is 494 g/mol. The van der Waals surface area contributed by atoms with Gasteiger partial charge in [-0.1, -0.05) is 39.8 Å². The number of benzene rings is 1. The molecule has 1 unspecified atom stereocenters. The molecular weight excluding hydrogens is 450 g/mol. The largest absolute Gasteiger partial charge is 0.461 e. The lowest BCUT2D eigenvalue weighted by molar-refractivity contribution is -0.151. The quantitative estimate of drug-likeness (QED) is 0.337. The molecule has 1 aliphatic rings. The lowest BCUT2D eigenvalue weighted by Gasteiger charge is -2.22. The van der Waals surface area contributed by atoms with E-state index < -0.39 is 0 Å². The topological polar surface area (TPSA) is 72.7 Å². The lowest BCUT2D eigenvalue weighted by Crippen LogP contribution is -2.40. The number of aliphatic imine (C=N–C) groups is 1. The summed E-state index contributed by atoms with van der Waals surface area (Å²) >= 11 is 0. The van der Waals surface area contributed by atoms with E-state index >= 15 is 0 Å². The third kappa shape index (κ3) is 7.39. The van der Waals surface area contributed by atoms with Crippen molar-refractivity contribution in [2.24, 2.45) is 23.9 Å². The monoisotopic (exact) mass is 493 g/mol. The normalized spacial score (nSPS) is 15.6. The summed E-state index contributed by atoms with van der Waals surface area (Å²) in [5.74, 6) is 0.438. The summed E-state index contributed by atoms with van der Waals surface area (Å²) in [4.78, 5) is 30.2. The number of rotatable bonds is 10. The fourth-order valence-corrected chi connectivity index (χ4v) is 4.79. The van der Waals surface area contributed by atoms with Crippen LogP contribution in [0.15, 0.2) is 40.2 Å². The lowest BCUT2D eigenvalue weighted by atomic mass is 9.99. The Morgan fingerprint density at radius 3 is 2.42 bits per heavy atom. The van der Waals surface area contributed by atoms with Gasteiger partial charge in [0.15, 0.2) is 0 Å². The van der Waals surface area contributed by atoms with Gasteiger partial charge in [0.25, 0.3) is 5.56 Å². The van der Waals surface area contributed by atoms with Crippen molar-refractivity contribution in [3.63, 3.8) is 0 Å². The van der Waals surface area contributed by atoms with E-state index in [1.54, 1.807) is 11.6 Å². The van der Waals surface area contributed by atoms with Gasteiger partial charge in [0.05, 0.1) is 11.4 Å². The predicted octanol–water partition coefficient (Wildman–Crippen LogP) is 5.77. The summed E-state index contributed by atoms with van der Waals surface area (Å²) in [6, 6.07) is 7.86. The van der Waals surface area contributed by atoms with Gasteiger partial charge in [-0.2, -0.15) is 0 Å². The van der Waals surface area contributed by atoms with Crippen LogP contribution >= 0.6 is 0 Å². The third-order valence-electron chi connectivity index (χ3n) is 6.85. The summed E-state index contributed by atoms with van der Waals surface area (Å²) in [5, 5.41) is 3.46. The van der Waals surface area contributed by atoms with Crippen LogP contribution in [0, 0.1) is 25.7 Å². The zero-order chi connectivity index (χ0) is 26.4. The molecule has 6 nitrogen and oxygen atoms in total. The molecule has 0 spiro atoms. The van der Waals surface area contributed by atoms with E-state index in [-0.39, 0.29) is 29.6 Å². The Bertz CT molecular complexity index is 1110. The molecule has 0 aliphatic heterocycles. The maximum atomic E-state index is 12.9. The molecule has 1 heterocycles. The van der Waals surface area contributed by atoms with Crippen molar-refractivity contribution < 1.29 is 9.53 Å². The molecule has 1 aromatic heterocycles. The zero-order valence-electron chi connectivity index (χ0n) is 23.1. The Labute approximate surface area is 216 Å². The maximum Gasteiger partial charge on any atom is 0.323 e. The third-order valence-corrected chi connectivity index (χ3v) is 6.85. The highest BCUT2D eigenvalue weighted by Crippen LogP contribution is 2.25. The van der Waals surface area contributed by atoms with Crippen molar-refractivity contribution in [1.82, 2.24) is 9.88 Å². The molecule has 1 N–H and O–H groups in total. The second-order valence-corrected chi connectivity index (χ2v) is 11.0. The fourth-order valence-electron chi connectivity index (χ4n) is 4.79. The minimum Gasteiger partial charge on any atom is -0.461 e. The highest BCUT2D eigenvalue weighted by Gasteiger charge is 2.26. The molecule has 0 radical (unpaired) electrons. The first-order valence-electron chi connectivity index (χ1n) is 13.3. The minimum atomic E-state index is -0.321. The number of pyridine rings is 1. The molecule has 0 saturated heterocycles. The summed E-state index contributed by atoms with van der Waals surface area (Å²) in [6.45, 7) is 13.0. The number of esters is 1. The molecule has 1 fully saturated rings. The average Bonchev–Trinajstić information content (AvgIpc) is 3.32. The van der Waals surface area contributed by atoms with Crippen LogP contribution in [0.1, 0.15) is 82.1 Å². The fraction of sp³-hybridized carbons (Fsp3) is 0.567. The number of carbonyl (C=O) groups excluding carboxylic acids is 1. The van der Waals surface area contributed by atoms with Gasteiger partial charge in [0.1, 0.15) is 12.1 Å². The molecule has 1 saturated carbocycles. The smallest absolute Gasteiger partial charge is 0.323 e. The van der Waals surface area contributed by atoms with Gasteiger partial charge in [-0.15, -0.1) is 0 Å². The molecular formula is C30H43N3O3. The zero-order valence-corrected chi connectivity index (χ0v) is 23.1. The number of hydrogen-bond donors (Lipinski definition) is 1. The van der Waals surface area contributed by atoms with Crippen molar-refractivity contribution in [2.75, 3.05) is 0 Å². The van der Waals surface area contributed by atoms with Gasteiger partial charge in [-0.05, 0) is 81.0 Å². The van der Waals surface area contributed by atoms with E-state index in [4.69, 9.17) is 9.73 Å². The molecule has 3 rings (SSSR count). The van der Waals surface area contributed by atoms with E-state index in [0.29, 0.717) is 18.0 Å². The van der Waals surface area contributed by atoms with Crippen LogP contribution in [-0.2, 0) is 23.1 Å². The van der Waals surface area contributed by atoms with Crippen LogP contribution in [-0.4, -0.2) is 28.4 Å². The minimum absolute atomic E-state index is 0.00789. The van der Waals surface area contributed by atoms with Gasteiger partial charge in [-0.3, -0.25) is 14.6 Å². The van der Waals surface area contributed by atoms with E-state index in [9.17, 15) is 9.59 Å². The molecule has 1 aromatic carbocycles. The standard InChI is InChI=1S/C30H43N3O3/c1-19(2)14-27(30(35)36-25-10-8-9-11-25)31-17-23-13-12-21(5)26(16-23)32-28(20(3)4)24-15-22(6)29(34)33(7)18-24/h12-13,15-16,18-20,25,27,31H,8-11,14,17H2,1-7H3. The summed E-state index contributed by atoms with van der Waals surface area (Å²) in [5.41, 5.74) is 5.67. The van der Waals surface area contributed by atoms with Crippen LogP contribution in [0.3, 0.4) is 0 Å². The number of carbonyl (C=O) groups is 1. The first-order valence-corrected chi connectivity index (χ1v) is 13.3. The van der Waals surface area contributed by atoms with Crippen LogP contribution in [0.25, 0.3) is 0 Å². The number of aromatic nitrogens is 1. The first-order chi connectivity index (χ1) is 17.0. The molecule has 2 aromatic rings. The number of nitrogens with zero attached hydrogens (tertiary/aromatic N) is 2. The molecule has 1 aliphatic carbocycles. The number of nitrogens with one attached hydrogen (secondary N) is 1. The van der Waals surface area contributed by atoms with Crippen molar-refractivity contribution in [1.29, 1.82) is 0 Å². The summed E-state index contributed by atoms with van der Waals surface area (Å²) in [6.07, 6.45) is 6.92. The Morgan fingerprint density at radius 2 is 1.81 bits per heavy atom. The second kappa shape index (κ2) is 12.5. The molecule has 6 heteroatoms. The predicted molar refractivity (Wildman–Crippen MR) is 147 cm³/mol. The van der Waals surface area contributed by atoms with Crippen LogP contribution in [0.2, 0.25) is 0 Å². The van der Waals surface area contributed by atoms with E-state index in [0.717, 1.165) is 60.2 Å². The Hall–Kier alpha value is -2.73. The second-order valence-electron chi connectivity index (χ2n) is 11.0. The Balaban J connectivity index is 1.82. The molecule has 0 amide bonds. The van der Waals surface area contributed by atoms with E-state index in [1.165, 1.54) is 0 Å². The van der Waals surface area contributed by atoms with Crippen molar-refractivity contribution in [2.45, 2.75) is 92.3 Å². The molecule has 196 valence electrons. The van der Waals surface area contributed by atoms with Gasteiger partial charge in [-0.25, -0.2) is 0 Å². The highest BCUT2D eigenvalue weighted by atomic mass is 16.5. The van der Waals surface area contributed by atoms with Crippen LogP contribution in [0.4, 0.5) is 5.69 Å². The van der Waals surface area contributed by atoms with E-state index in [2.05, 4.69) is 58.1 Å². The van der Waals surface area contributed by atoms with Gasteiger partial charge < -0.3 is 14.6 Å². The molecule has 0 bridgehead atoms. The maximum absolute atomic E-state index is 12.9. The van der Waals surface area contributed by atoms with Crippen LogP contribution in [0.5, 0.6) is 0 Å². The van der Waals surface area contributed by atoms with Crippen molar-refractivity contribution in [3.8, 4) is 0 Å². The van der Waals surface area contributed by atoms with Gasteiger partial charge in [0, 0.05) is 30.9 Å².